The molecule has 0 atom stereocenters. The average molecular weight is 360 g/mol. The van der Waals surface area contributed by atoms with E-state index in [0.717, 1.165) is 6.92 Å². The van der Waals surface area contributed by atoms with Gasteiger partial charge in [-0.25, -0.2) is 0 Å². The van der Waals surface area contributed by atoms with Crippen molar-refractivity contribution in [2.75, 3.05) is 0 Å². The van der Waals surface area contributed by atoms with Crippen LogP contribution < -0.4 is 0 Å². The van der Waals surface area contributed by atoms with Crippen LogP contribution in [0, 0.1) is 21.0 Å². The molecule has 0 radical (unpaired) electrons. The van der Waals surface area contributed by atoms with Gasteiger partial charge in [0.25, 0.3) is 0 Å². The second-order valence-electron chi connectivity index (χ2n) is 2.99. The molecule has 0 saturated heterocycles. The van der Waals surface area contributed by atoms with Crippen LogP contribution in [0.15, 0.2) is 6.07 Å². The van der Waals surface area contributed by atoms with E-state index >= 15 is 0 Å². The molecule has 0 bridgehead atoms. The van der Waals surface area contributed by atoms with Crippen LogP contribution in [-0.4, -0.2) is 11.9 Å². The SMILES string of the molecule is CC(=O)OI1OC(=O)c2c(F)cc(F)c(F)c21. The van der Waals surface area contributed by atoms with E-state index in [0.29, 0.717) is 0 Å². The molecule has 0 unspecified atom stereocenters. The topological polar surface area (TPSA) is 52.6 Å². The van der Waals surface area contributed by atoms with Crippen molar-refractivity contribution in [2.24, 2.45) is 0 Å². The Morgan fingerprint density at radius 2 is 2.00 bits per heavy atom. The van der Waals surface area contributed by atoms with E-state index < -0.39 is 59.2 Å². The second-order valence-corrected chi connectivity index (χ2v) is 6.19. The summed E-state index contributed by atoms with van der Waals surface area (Å²) >= 11 is -3.44. The molecule has 8 heteroatoms. The number of halogens is 4. The summed E-state index contributed by atoms with van der Waals surface area (Å²) in [6, 6.07) is 0.253. The molecule has 0 fully saturated rings. The van der Waals surface area contributed by atoms with Gasteiger partial charge in [0, 0.05) is 0 Å². The zero-order chi connectivity index (χ0) is 12.7. The Morgan fingerprint density at radius 1 is 1.35 bits per heavy atom. The van der Waals surface area contributed by atoms with Gasteiger partial charge in [-0.05, 0) is 0 Å². The third-order valence-electron chi connectivity index (χ3n) is 1.79. The van der Waals surface area contributed by atoms with Crippen molar-refractivity contribution in [3.05, 3.63) is 32.7 Å². The van der Waals surface area contributed by atoms with Crippen LogP contribution >= 0.6 is 20.6 Å². The van der Waals surface area contributed by atoms with Gasteiger partial charge < -0.3 is 0 Å². The maximum absolute atomic E-state index is 13.4. The molecule has 1 aromatic rings. The van der Waals surface area contributed by atoms with Crippen molar-refractivity contribution in [1.82, 2.24) is 0 Å². The van der Waals surface area contributed by atoms with Crippen molar-refractivity contribution in [1.29, 1.82) is 0 Å². The average Bonchev–Trinajstić information content (AvgIpc) is 2.51. The summed E-state index contributed by atoms with van der Waals surface area (Å²) in [7, 11) is 0. The first-order valence-electron chi connectivity index (χ1n) is 4.21. The molecule has 0 aliphatic carbocycles. The molecule has 0 amide bonds. The Bertz CT molecular complexity index is 531. The van der Waals surface area contributed by atoms with Crippen LogP contribution in [0.25, 0.3) is 0 Å². The molecule has 1 aromatic carbocycles. The number of hydrogen-bond acceptors (Lipinski definition) is 4. The van der Waals surface area contributed by atoms with Gasteiger partial charge in [0.15, 0.2) is 0 Å². The first kappa shape index (κ1) is 12.1. The fourth-order valence-corrected chi connectivity index (χ4v) is 4.43. The third kappa shape index (κ3) is 1.96. The summed E-state index contributed by atoms with van der Waals surface area (Å²) in [5, 5.41) is 0. The van der Waals surface area contributed by atoms with Gasteiger partial charge in [-0.15, -0.1) is 0 Å². The zero-order valence-corrected chi connectivity index (χ0v) is 10.4. The molecule has 92 valence electrons. The molecular weight excluding hydrogens is 356 g/mol. The molecule has 0 saturated carbocycles. The minimum absolute atomic E-state index is 0.253. The molecule has 2 rings (SSSR count). The van der Waals surface area contributed by atoms with Crippen molar-refractivity contribution in [2.45, 2.75) is 6.92 Å². The van der Waals surface area contributed by atoms with Crippen molar-refractivity contribution < 1.29 is 28.9 Å². The molecule has 4 nitrogen and oxygen atoms in total. The molecule has 1 heterocycles. The van der Waals surface area contributed by atoms with E-state index in [-0.39, 0.29) is 6.07 Å². The van der Waals surface area contributed by atoms with E-state index in [9.17, 15) is 22.8 Å². The number of carbonyl (C=O) groups excluding carboxylic acids is 2. The van der Waals surface area contributed by atoms with Crippen LogP contribution in [0.5, 0.6) is 0 Å². The number of fused-ring (bicyclic) bond motifs is 1. The monoisotopic (exact) mass is 360 g/mol. The third-order valence-corrected chi connectivity index (χ3v) is 5.51. The Hall–Kier alpha value is -1.32. The van der Waals surface area contributed by atoms with Gasteiger partial charge in [0.05, 0.1) is 0 Å². The maximum atomic E-state index is 13.4. The van der Waals surface area contributed by atoms with Crippen LogP contribution in [-0.2, 0) is 10.9 Å². The van der Waals surface area contributed by atoms with Crippen LogP contribution in [0.3, 0.4) is 0 Å². The molecule has 0 N–H and O–H groups in total. The van der Waals surface area contributed by atoms with Gasteiger partial charge in [0.1, 0.15) is 0 Å². The summed E-state index contributed by atoms with van der Waals surface area (Å²) in [5.74, 6) is -6.02. The van der Waals surface area contributed by atoms with Crippen LogP contribution in [0.4, 0.5) is 13.2 Å². The van der Waals surface area contributed by atoms with Crippen LogP contribution in [0.2, 0.25) is 0 Å². The van der Waals surface area contributed by atoms with E-state index in [1.165, 1.54) is 0 Å². The molecule has 1 aliphatic heterocycles. The van der Waals surface area contributed by atoms with Gasteiger partial charge in [-0.1, -0.05) is 0 Å². The summed E-state index contributed by atoms with van der Waals surface area (Å²) < 4.78 is 48.3. The van der Waals surface area contributed by atoms with E-state index in [1.54, 1.807) is 0 Å². The summed E-state index contributed by atoms with van der Waals surface area (Å²) in [5.41, 5.74) is -0.685. The predicted octanol–water partition coefficient (Wildman–Crippen LogP) is 2.34. The van der Waals surface area contributed by atoms with Gasteiger partial charge in [-0.3, -0.25) is 0 Å². The first-order chi connectivity index (χ1) is 7.91. The number of rotatable bonds is 1. The minimum atomic E-state index is -3.44. The van der Waals surface area contributed by atoms with E-state index in [2.05, 4.69) is 6.13 Å². The molecule has 1 aliphatic rings. The Morgan fingerprint density at radius 3 is 2.59 bits per heavy atom. The summed E-state index contributed by atoms with van der Waals surface area (Å²) in [4.78, 5) is 22.0. The van der Waals surface area contributed by atoms with Crippen molar-refractivity contribution in [3.63, 3.8) is 0 Å². The second kappa shape index (κ2) is 4.17. The zero-order valence-electron chi connectivity index (χ0n) is 8.22. The number of carbonyl (C=O) groups is 2. The van der Waals surface area contributed by atoms with E-state index in [1.807, 2.05) is 0 Å². The van der Waals surface area contributed by atoms with Crippen LogP contribution in [0.1, 0.15) is 17.3 Å². The van der Waals surface area contributed by atoms with E-state index in [4.69, 9.17) is 0 Å². The summed E-state index contributed by atoms with van der Waals surface area (Å²) in [6.45, 7) is 1.02. The molecule has 0 spiro atoms. The fraction of sp³-hybridized carbons (Fsp3) is 0.111. The molecule has 17 heavy (non-hydrogen) atoms. The Labute approximate surface area is 101 Å². The molecule has 0 aromatic heterocycles. The Balaban J connectivity index is 2.59. The number of hydrogen-bond donors (Lipinski definition) is 0. The van der Waals surface area contributed by atoms with Crippen molar-refractivity contribution >= 4 is 32.6 Å². The van der Waals surface area contributed by atoms with Crippen molar-refractivity contribution in [3.8, 4) is 0 Å². The molecular formula is C9H4F3IO4. The van der Waals surface area contributed by atoms with Gasteiger partial charge >= 0.3 is 101 Å². The standard InChI is InChI=1S/C9H4F3IO4/c1-3(14)16-13-8-6(9(15)17-13)4(10)2-5(11)7(8)12/h2H,1H3. The number of benzene rings is 1. The normalized spacial score (nSPS) is 15.5. The van der Waals surface area contributed by atoms with Gasteiger partial charge in [0.2, 0.25) is 0 Å². The summed E-state index contributed by atoms with van der Waals surface area (Å²) in [6.07, 6.45) is 0. The first-order valence-corrected chi connectivity index (χ1v) is 7.05. The fourth-order valence-electron chi connectivity index (χ4n) is 1.19. The quantitative estimate of drug-likeness (QED) is 0.438. The van der Waals surface area contributed by atoms with Gasteiger partial charge in [-0.2, -0.15) is 0 Å². The Kier molecular flexibility index (Phi) is 2.98. The predicted molar refractivity (Wildman–Crippen MR) is 56.2 cm³/mol.